The molecule has 0 fully saturated rings. The van der Waals surface area contributed by atoms with Gasteiger partial charge >= 0.3 is 0 Å². The molecule has 34 heavy (non-hydrogen) atoms. The van der Waals surface area contributed by atoms with Gasteiger partial charge in [0.2, 0.25) is 0 Å². The Kier molecular flexibility index (Phi) is 8.50. The second kappa shape index (κ2) is 11.8. The van der Waals surface area contributed by atoms with E-state index in [1.54, 1.807) is 24.3 Å². The molecule has 0 heterocycles. The predicted molar refractivity (Wildman–Crippen MR) is 149 cm³/mol. The van der Waals surface area contributed by atoms with E-state index >= 15 is 0 Å². The van der Waals surface area contributed by atoms with Crippen LogP contribution < -0.4 is 10.6 Å². The topological polar surface area (TPSA) is 58.2 Å². The maximum absolute atomic E-state index is 12.7. The lowest BCUT2D eigenvalue weighted by Crippen LogP contribution is -2.12. The van der Waals surface area contributed by atoms with Gasteiger partial charge in [0.1, 0.15) is 0 Å². The van der Waals surface area contributed by atoms with Gasteiger partial charge in [-0.1, -0.05) is 77.7 Å². The van der Waals surface area contributed by atoms with Crippen molar-refractivity contribution in [1.29, 1.82) is 0 Å². The zero-order valence-corrected chi connectivity index (χ0v) is 22.4. The van der Waals surface area contributed by atoms with E-state index in [0.717, 1.165) is 30.1 Å². The Hall–Kier alpha value is -2.52. The number of halogens is 2. The highest BCUT2D eigenvalue weighted by Crippen LogP contribution is 2.43. The average Bonchev–Trinajstić information content (AvgIpc) is 2.85. The second-order valence-corrected chi connectivity index (χ2v) is 11.1. The minimum Gasteiger partial charge on any atom is -0.321 e. The first-order valence-corrected chi connectivity index (χ1v) is 13.9. The van der Waals surface area contributed by atoms with Crippen LogP contribution in [-0.2, 0) is 0 Å². The zero-order chi connectivity index (χ0) is 23.9. The van der Waals surface area contributed by atoms with E-state index in [0.29, 0.717) is 11.1 Å². The van der Waals surface area contributed by atoms with Crippen molar-refractivity contribution >= 4 is 76.6 Å². The predicted octanol–water partition coefficient (Wildman–Crippen LogP) is 8.52. The largest absolute Gasteiger partial charge is 0.321 e. The molecule has 2 amide bonds. The third-order valence-corrected chi connectivity index (χ3v) is 8.24. The van der Waals surface area contributed by atoms with Gasteiger partial charge in [-0.05, 0) is 72.8 Å². The monoisotopic (exact) mass is 612 g/mol. The van der Waals surface area contributed by atoms with E-state index in [9.17, 15) is 9.59 Å². The quantitative estimate of drug-likeness (QED) is 0.205. The first-order chi connectivity index (χ1) is 16.5. The number of hydrogen-bond acceptors (Lipinski definition) is 4. The lowest BCUT2D eigenvalue weighted by atomic mass is 10.2. The molecule has 0 spiro atoms. The Balaban J connectivity index is 1.46. The Morgan fingerprint density at radius 1 is 0.529 bits per heavy atom. The van der Waals surface area contributed by atoms with Gasteiger partial charge < -0.3 is 10.6 Å². The summed E-state index contributed by atoms with van der Waals surface area (Å²) in [6, 6.07) is 29.7. The average molecular weight is 614 g/mol. The van der Waals surface area contributed by atoms with Gasteiger partial charge in [-0.15, -0.1) is 0 Å². The minimum atomic E-state index is -0.173. The number of carbonyl (C=O) groups excluding carboxylic acids is 2. The van der Waals surface area contributed by atoms with Crippen LogP contribution in [-0.4, -0.2) is 11.8 Å². The van der Waals surface area contributed by atoms with Crippen molar-refractivity contribution in [1.82, 2.24) is 0 Å². The van der Waals surface area contributed by atoms with Crippen LogP contribution in [0.5, 0.6) is 0 Å². The van der Waals surface area contributed by atoms with E-state index in [-0.39, 0.29) is 11.8 Å². The number of carbonyl (C=O) groups is 2. The van der Waals surface area contributed by atoms with Crippen LogP contribution in [0.15, 0.2) is 116 Å². The van der Waals surface area contributed by atoms with Crippen LogP contribution in [0.3, 0.4) is 0 Å². The van der Waals surface area contributed by atoms with Crippen molar-refractivity contribution in [2.24, 2.45) is 0 Å². The standard InChI is InChI=1S/C26H18Br2N2O2S2/c27-19-13-9-17(10-14-19)25(31)29-21-5-1-3-7-23(21)33-34-24-8-4-2-6-22(24)30-26(32)18-11-15-20(28)16-12-18/h1-16H,(H,29,31)(H,30,32). The number of benzene rings is 4. The number of rotatable bonds is 7. The van der Waals surface area contributed by atoms with Gasteiger partial charge in [-0.3, -0.25) is 9.59 Å². The fourth-order valence-electron chi connectivity index (χ4n) is 2.97. The molecule has 170 valence electrons. The molecule has 0 aliphatic carbocycles. The molecule has 4 aromatic carbocycles. The van der Waals surface area contributed by atoms with Crippen molar-refractivity contribution < 1.29 is 9.59 Å². The van der Waals surface area contributed by atoms with Gasteiger partial charge in [0.25, 0.3) is 11.8 Å². The number of para-hydroxylation sites is 2. The summed E-state index contributed by atoms with van der Waals surface area (Å²) in [6.45, 7) is 0. The summed E-state index contributed by atoms with van der Waals surface area (Å²) < 4.78 is 1.84. The Morgan fingerprint density at radius 2 is 0.882 bits per heavy atom. The molecule has 0 aromatic heterocycles. The molecule has 4 aromatic rings. The molecule has 2 N–H and O–H groups in total. The Bertz CT molecular complexity index is 1210. The summed E-state index contributed by atoms with van der Waals surface area (Å²) in [5.74, 6) is -0.347. The molecule has 0 aliphatic rings. The van der Waals surface area contributed by atoms with Gasteiger partial charge in [0.15, 0.2) is 0 Å². The Morgan fingerprint density at radius 3 is 1.26 bits per heavy atom. The van der Waals surface area contributed by atoms with Crippen LogP contribution in [0.4, 0.5) is 11.4 Å². The zero-order valence-electron chi connectivity index (χ0n) is 17.6. The van der Waals surface area contributed by atoms with E-state index in [1.807, 2.05) is 72.8 Å². The lowest BCUT2D eigenvalue weighted by Gasteiger charge is -2.13. The van der Waals surface area contributed by atoms with Gasteiger partial charge in [0.05, 0.1) is 11.4 Å². The summed E-state index contributed by atoms with van der Waals surface area (Å²) in [5, 5.41) is 5.99. The van der Waals surface area contributed by atoms with Crippen LogP contribution in [0.25, 0.3) is 0 Å². The molecule has 8 heteroatoms. The molecule has 0 bridgehead atoms. The maximum Gasteiger partial charge on any atom is 0.255 e. The van der Waals surface area contributed by atoms with E-state index in [2.05, 4.69) is 42.5 Å². The molecule has 0 atom stereocenters. The number of hydrogen-bond donors (Lipinski definition) is 2. The molecule has 0 aliphatic heterocycles. The number of amides is 2. The molecule has 4 rings (SSSR count). The smallest absolute Gasteiger partial charge is 0.255 e. The highest BCUT2D eigenvalue weighted by molar-refractivity contribution is 9.10. The van der Waals surface area contributed by atoms with Crippen LogP contribution in [0.2, 0.25) is 0 Å². The molecule has 4 nitrogen and oxygen atoms in total. The third kappa shape index (κ3) is 6.54. The third-order valence-electron chi connectivity index (χ3n) is 4.70. The minimum absolute atomic E-state index is 0.173. The van der Waals surface area contributed by atoms with Crippen molar-refractivity contribution in [3.05, 3.63) is 117 Å². The highest BCUT2D eigenvalue weighted by atomic mass is 79.9. The van der Waals surface area contributed by atoms with Gasteiger partial charge in [-0.25, -0.2) is 0 Å². The molecular formula is C26H18Br2N2O2S2. The number of anilines is 2. The summed E-state index contributed by atoms with van der Waals surface area (Å²) in [5.41, 5.74) is 2.61. The fourth-order valence-corrected chi connectivity index (χ4v) is 5.77. The number of nitrogens with one attached hydrogen (secondary N) is 2. The normalized spacial score (nSPS) is 10.5. The van der Waals surface area contributed by atoms with Gasteiger partial charge in [-0.2, -0.15) is 0 Å². The first-order valence-electron chi connectivity index (χ1n) is 10.2. The maximum atomic E-state index is 12.7. The molecule has 0 saturated carbocycles. The SMILES string of the molecule is O=C(Nc1ccccc1SSc1ccccc1NC(=O)c1ccc(Br)cc1)c1ccc(Br)cc1. The van der Waals surface area contributed by atoms with E-state index in [1.165, 1.54) is 21.6 Å². The van der Waals surface area contributed by atoms with Crippen molar-refractivity contribution in [3.8, 4) is 0 Å². The summed E-state index contributed by atoms with van der Waals surface area (Å²) in [7, 11) is 3.03. The fraction of sp³-hybridized carbons (Fsp3) is 0. The lowest BCUT2D eigenvalue weighted by molar-refractivity contribution is 0.101. The van der Waals surface area contributed by atoms with Crippen molar-refractivity contribution in [3.63, 3.8) is 0 Å². The molecule has 0 unspecified atom stereocenters. The summed E-state index contributed by atoms with van der Waals surface area (Å²) in [6.07, 6.45) is 0. The highest BCUT2D eigenvalue weighted by Gasteiger charge is 2.13. The molecular weight excluding hydrogens is 596 g/mol. The second-order valence-electron chi connectivity index (χ2n) is 7.08. The van der Waals surface area contributed by atoms with Crippen LogP contribution >= 0.6 is 53.4 Å². The first kappa shape index (κ1) is 24.6. The van der Waals surface area contributed by atoms with Crippen molar-refractivity contribution in [2.75, 3.05) is 10.6 Å². The van der Waals surface area contributed by atoms with Gasteiger partial charge in [0, 0.05) is 29.9 Å². The van der Waals surface area contributed by atoms with Crippen LogP contribution in [0, 0.1) is 0 Å². The van der Waals surface area contributed by atoms with E-state index < -0.39 is 0 Å². The van der Waals surface area contributed by atoms with E-state index in [4.69, 9.17) is 0 Å². The van der Waals surface area contributed by atoms with Crippen molar-refractivity contribution in [2.45, 2.75) is 9.79 Å². The molecule has 0 saturated heterocycles. The summed E-state index contributed by atoms with van der Waals surface area (Å²) >= 11 is 6.77. The Labute approximate surface area is 222 Å². The molecule has 0 radical (unpaired) electrons. The van der Waals surface area contributed by atoms with Crippen LogP contribution in [0.1, 0.15) is 20.7 Å². The summed E-state index contributed by atoms with van der Waals surface area (Å²) in [4.78, 5) is 27.2.